The number of anilines is 1. The summed E-state index contributed by atoms with van der Waals surface area (Å²) in [6.07, 6.45) is 3.09. The average molecular weight is 298 g/mol. The van der Waals surface area contributed by atoms with Gasteiger partial charge in [0, 0.05) is 25.5 Å². The lowest BCUT2D eigenvalue weighted by atomic mass is 10.1. The van der Waals surface area contributed by atoms with Crippen LogP contribution >= 0.6 is 0 Å². The van der Waals surface area contributed by atoms with Crippen LogP contribution in [-0.2, 0) is 6.54 Å². The molecule has 0 unspecified atom stereocenters. The summed E-state index contributed by atoms with van der Waals surface area (Å²) in [6, 6.07) is 8.24. The number of carbonyl (C=O) groups is 1. The number of benzene rings is 1. The molecule has 2 N–H and O–H groups in total. The van der Waals surface area contributed by atoms with E-state index in [0.29, 0.717) is 30.5 Å². The zero-order valence-corrected chi connectivity index (χ0v) is 13.3. The topological polar surface area (TPSA) is 66.9 Å². The van der Waals surface area contributed by atoms with Crippen molar-refractivity contribution in [3.05, 3.63) is 53.3 Å². The van der Waals surface area contributed by atoms with Crippen molar-refractivity contribution in [3.8, 4) is 0 Å². The Morgan fingerprint density at radius 3 is 2.59 bits per heavy atom. The van der Waals surface area contributed by atoms with Gasteiger partial charge in [0.1, 0.15) is 0 Å². The largest absolute Gasteiger partial charge is 0.352 e. The van der Waals surface area contributed by atoms with Crippen molar-refractivity contribution in [1.82, 2.24) is 15.3 Å². The van der Waals surface area contributed by atoms with Gasteiger partial charge in [0.05, 0.1) is 5.56 Å². The standard InChI is InChI=1S/C17H22N4O/c1-12(2)8-18-16(22)15-10-20-17(21-11-15)19-9-14-6-4-5-13(3)7-14/h4-7,10-12H,8-9H2,1-3H3,(H,18,22)(H,19,20,21). The number of carbonyl (C=O) groups excluding carboxylic acids is 1. The normalized spacial score (nSPS) is 10.5. The third-order valence-electron chi connectivity index (χ3n) is 3.12. The molecule has 0 radical (unpaired) electrons. The predicted molar refractivity (Wildman–Crippen MR) is 87.7 cm³/mol. The number of nitrogens with one attached hydrogen (secondary N) is 2. The number of nitrogens with zero attached hydrogens (tertiary/aromatic N) is 2. The molecule has 0 fully saturated rings. The molecule has 0 aliphatic rings. The molecule has 0 saturated carbocycles. The minimum Gasteiger partial charge on any atom is -0.352 e. The first kappa shape index (κ1) is 15.9. The average Bonchev–Trinajstić information content (AvgIpc) is 2.51. The molecule has 2 aromatic rings. The second-order valence-corrected chi connectivity index (χ2v) is 5.74. The lowest BCUT2D eigenvalue weighted by Gasteiger charge is -2.08. The first-order valence-corrected chi connectivity index (χ1v) is 7.44. The van der Waals surface area contributed by atoms with Gasteiger partial charge in [-0.3, -0.25) is 4.79 Å². The van der Waals surface area contributed by atoms with Gasteiger partial charge in [0.15, 0.2) is 0 Å². The lowest BCUT2D eigenvalue weighted by molar-refractivity contribution is 0.0948. The fourth-order valence-corrected chi connectivity index (χ4v) is 1.94. The maximum atomic E-state index is 11.9. The highest BCUT2D eigenvalue weighted by Crippen LogP contribution is 2.07. The minimum atomic E-state index is -0.140. The van der Waals surface area contributed by atoms with Crippen LogP contribution in [-0.4, -0.2) is 22.4 Å². The molecule has 1 heterocycles. The van der Waals surface area contributed by atoms with Crippen LogP contribution in [0.2, 0.25) is 0 Å². The molecular formula is C17H22N4O. The maximum absolute atomic E-state index is 11.9. The molecule has 2 rings (SSSR count). The summed E-state index contributed by atoms with van der Waals surface area (Å²) < 4.78 is 0. The smallest absolute Gasteiger partial charge is 0.254 e. The quantitative estimate of drug-likeness (QED) is 0.860. The fourth-order valence-electron chi connectivity index (χ4n) is 1.94. The third kappa shape index (κ3) is 4.84. The Morgan fingerprint density at radius 2 is 1.95 bits per heavy atom. The molecule has 22 heavy (non-hydrogen) atoms. The van der Waals surface area contributed by atoms with E-state index in [9.17, 15) is 4.79 Å². The first-order valence-electron chi connectivity index (χ1n) is 7.44. The molecule has 0 bridgehead atoms. The molecule has 1 aromatic carbocycles. The highest BCUT2D eigenvalue weighted by atomic mass is 16.1. The second-order valence-electron chi connectivity index (χ2n) is 5.74. The van der Waals surface area contributed by atoms with E-state index in [-0.39, 0.29) is 5.91 Å². The molecule has 5 nitrogen and oxygen atoms in total. The molecule has 0 spiro atoms. The van der Waals surface area contributed by atoms with Gasteiger partial charge in [-0.2, -0.15) is 0 Å². The van der Waals surface area contributed by atoms with Gasteiger partial charge in [-0.1, -0.05) is 43.7 Å². The molecule has 0 aliphatic heterocycles. The van der Waals surface area contributed by atoms with Crippen LogP contribution in [0, 0.1) is 12.8 Å². The van der Waals surface area contributed by atoms with E-state index in [0.717, 1.165) is 0 Å². The highest BCUT2D eigenvalue weighted by Gasteiger charge is 2.07. The molecule has 1 aromatic heterocycles. The Hall–Kier alpha value is -2.43. The number of hydrogen-bond donors (Lipinski definition) is 2. The van der Waals surface area contributed by atoms with Crippen molar-refractivity contribution in [2.45, 2.75) is 27.3 Å². The Morgan fingerprint density at radius 1 is 1.23 bits per heavy atom. The zero-order valence-electron chi connectivity index (χ0n) is 13.3. The van der Waals surface area contributed by atoms with Crippen LogP contribution in [0.4, 0.5) is 5.95 Å². The first-order chi connectivity index (χ1) is 10.5. The molecule has 1 amide bonds. The Labute approximate surface area is 131 Å². The van der Waals surface area contributed by atoms with E-state index >= 15 is 0 Å². The number of aromatic nitrogens is 2. The molecular weight excluding hydrogens is 276 g/mol. The minimum absolute atomic E-state index is 0.140. The fraction of sp³-hybridized carbons (Fsp3) is 0.353. The van der Waals surface area contributed by atoms with Gasteiger partial charge >= 0.3 is 0 Å². The Kier molecular flexibility index (Phi) is 5.47. The van der Waals surface area contributed by atoms with Gasteiger partial charge in [-0.15, -0.1) is 0 Å². The van der Waals surface area contributed by atoms with Gasteiger partial charge in [0.25, 0.3) is 5.91 Å². The van der Waals surface area contributed by atoms with Gasteiger partial charge in [0.2, 0.25) is 5.95 Å². The van der Waals surface area contributed by atoms with Gasteiger partial charge in [-0.05, 0) is 18.4 Å². The van der Waals surface area contributed by atoms with E-state index in [1.165, 1.54) is 11.1 Å². The third-order valence-corrected chi connectivity index (χ3v) is 3.12. The number of aryl methyl sites for hydroxylation is 1. The van der Waals surface area contributed by atoms with Crippen LogP contribution in [0.15, 0.2) is 36.7 Å². The summed E-state index contributed by atoms with van der Waals surface area (Å²) in [4.78, 5) is 20.2. The van der Waals surface area contributed by atoms with Crippen LogP contribution in [0.5, 0.6) is 0 Å². The van der Waals surface area contributed by atoms with E-state index in [4.69, 9.17) is 0 Å². The summed E-state index contributed by atoms with van der Waals surface area (Å²) in [6.45, 7) is 7.46. The number of hydrogen-bond acceptors (Lipinski definition) is 4. The molecule has 0 aliphatic carbocycles. The maximum Gasteiger partial charge on any atom is 0.254 e. The highest BCUT2D eigenvalue weighted by molar-refractivity contribution is 5.93. The van der Waals surface area contributed by atoms with Gasteiger partial charge < -0.3 is 10.6 Å². The van der Waals surface area contributed by atoms with Crippen LogP contribution in [0.1, 0.15) is 35.3 Å². The van der Waals surface area contributed by atoms with Crippen molar-refractivity contribution < 1.29 is 4.79 Å². The summed E-state index contributed by atoms with van der Waals surface area (Å²) in [5, 5.41) is 5.99. The van der Waals surface area contributed by atoms with Crippen LogP contribution in [0.25, 0.3) is 0 Å². The lowest BCUT2D eigenvalue weighted by Crippen LogP contribution is -2.27. The number of rotatable bonds is 6. The summed E-state index contributed by atoms with van der Waals surface area (Å²) in [7, 11) is 0. The SMILES string of the molecule is Cc1cccc(CNc2ncc(C(=O)NCC(C)C)cn2)c1. The van der Waals surface area contributed by atoms with Crippen molar-refractivity contribution in [1.29, 1.82) is 0 Å². The Bertz CT molecular complexity index is 623. The van der Waals surface area contributed by atoms with E-state index < -0.39 is 0 Å². The summed E-state index contributed by atoms with van der Waals surface area (Å²) in [5.41, 5.74) is 2.86. The summed E-state index contributed by atoms with van der Waals surface area (Å²) >= 11 is 0. The van der Waals surface area contributed by atoms with Gasteiger partial charge in [-0.25, -0.2) is 9.97 Å². The summed E-state index contributed by atoms with van der Waals surface area (Å²) in [5.74, 6) is 0.793. The molecule has 116 valence electrons. The molecule has 0 atom stereocenters. The monoisotopic (exact) mass is 298 g/mol. The van der Waals surface area contributed by atoms with E-state index in [2.05, 4.69) is 53.5 Å². The Balaban J connectivity index is 1.90. The van der Waals surface area contributed by atoms with Crippen LogP contribution in [0.3, 0.4) is 0 Å². The number of amides is 1. The molecule has 0 saturated heterocycles. The zero-order chi connectivity index (χ0) is 15.9. The predicted octanol–water partition coefficient (Wildman–Crippen LogP) is 2.78. The second kappa shape index (κ2) is 7.54. The van der Waals surface area contributed by atoms with Crippen molar-refractivity contribution in [2.24, 2.45) is 5.92 Å². The van der Waals surface area contributed by atoms with Crippen LogP contribution < -0.4 is 10.6 Å². The molecule has 5 heteroatoms. The van der Waals surface area contributed by atoms with E-state index in [1.807, 2.05) is 12.1 Å². The van der Waals surface area contributed by atoms with E-state index in [1.54, 1.807) is 12.4 Å². The van der Waals surface area contributed by atoms with Crippen molar-refractivity contribution in [3.63, 3.8) is 0 Å². The van der Waals surface area contributed by atoms with Crippen molar-refractivity contribution in [2.75, 3.05) is 11.9 Å². The van der Waals surface area contributed by atoms with Crippen molar-refractivity contribution >= 4 is 11.9 Å².